The third-order valence-corrected chi connectivity index (χ3v) is 6.95. The lowest BCUT2D eigenvalue weighted by molar-refractivity contribution is -0.137. The van der Waals surface area contributed by atoms with Crippen LogP contribution in [0.5, 0.6) is 0 Å². The third-order valence-electron chi connectivity index (χ3n) is 4.41. The van der Waals surface area contributed by atoms with E-state index in [1.807, 2.05) is 10.6 Å². The molecule has 3 rings (SSSR count). The van der Waals surface area contributed by atoms with Crippen LogP contribution in [0.3, 0.4) is 0 Å². The van der Waals surface area contributed by atoms with E-state index in [0.29, 0.717) is 39.1 Å². The van der Waals surface area contributed by atoms with Gasteiger partial charge in [0.2, 0.25) is 5.91 Å². The number of carbonyl (C=O) groups is 1. The van der Waals surface area contributed by atoms with Gasteiger partial charge >= 0.3 is 6.18 Å². The average Bonchev–Trinajstić information content (AvgIpc) is 3.15. The highest BCUT2D eigenvalue weighted by molar-refractivity contribution is 7.99. The van der Waals surface area contributed by atoms with Crippen LogP contribution in [0, 0.1) is 0 Å². The normalized spacial score (nSPS) is 11.4. The summed E-state index contributed by atoms with van der Waals surface area (Å²) in [6, 6.07) is 9.83. The summed E-state index contributed by atoms with van der Waals surface area (Å²) in [5, 5.41) is 12.5. The molecule has 12 heteroatoms. The summed E-state index contributed by atoms with van der Waals surface area (Å²) in [7, 11) is 0. The van der Waals surface area contributed by atoms with Crippen LogP contribution in [0.1, 0.15) is 17.0 Å². The third kappa shape index (κ3) is 7.43. The molecule has 3 aromatic rings. The molecular weight excluding hydrogens is 528 g/mol. The number of benzene rings is 2. The molecule has 0 spiro atoms. The van der Waals surface area contributed by atoms with Gasteiger partial charge in [0.1, 0.15) is 5.82 Å². The standard InChI is InChI=1S/C22H19Cl2F3N4OS2/c1-2-8-31-19(12-33-11-14-6-7-16(23)10-18(14)24)29-30-21(31)34-13-20(32)28-17-5-3-4-15(9-17)22(25,26)27/h2-7,9-10H,1,8,11-13H2,(H,28,32). The number of thioether (sulfide) groups is 2. The number of alkyl halides is 3. The molecule has 180 valence electrons. The first kappa shape index (κ1) is 26.5. The van der Waals surface area contributed by atoms with Gasteiger partial charge in [0.15, 0.2) is 5.16 Å². The monoisotopic (exact) mass is 546 g/mol. The Morgan fingerprint density at radius 2 is 1.94 bits per heavy atom. The van der Waals surface area contributed by atoms with Crippen molar-refractivity contribution >= 4 is 58.3 Å². The molecule has 34 heavy (non-hydrogen) atoms. The van der Waals surface area contributed by atoms with Crippen molar-refractivity contribution in [2.24, 2.45) is 0 Å². The SMILES string of the molecule is C=CCn1c(CSCc2ccc(Cl)cc2Cl)nnc1SCC(=O)Nc1cccc(C(F)(F)F)c1. The van der Waals surface area contributed by atoms with Crippen molar-refractivity contribution < 1.29 is 18.0 Å². The number of nitrogens with one attached hydrogen (secondary N) is 1. The van der Waals surface area contributed by atoms with Gasteiger partial charge in [0.25, 0.3) is 0 Å². The van der Waals surface area contributed by atoms with E-state index in [1.165, 1.54) is 12.1 Å². The van der Waals surface area contributed by atoms with E-state index in [2.05, 4.69) is 22.1 Å². The lowest BCUT2D eigenvalue weighted by atomic mass is 10.2. The minimum atomic E-state index is -4.48. The first-order valence-corrected chi connectivity index (χ1v) is 12.7. The number of halogens is 5. The second-order valence-corrected chi connectivity index (χ2v) is 9.71. The molecule has 2 aromatic carbocycles. The number of allylic oxidation sites excluding steroid dienone is 1. The lowest BCUT2D eigenvalue weighted by Gasteiger charge is -2.10. The Balaban J connectivity index is 1.58. The summed E-state index contributed by atoms with van der Waals surface area (Å²) in [6.07, 6.45) is -2.79. The summed E-state index contributed by atoms with van der Waals surface area (Å²) in [6.45, 7) is 4.20. The maximum absolute atomic E-state index is 12.9. The average molecular weight is 547 g/mol. The molecule has 0 saturated carbocycles. The number of hydrogen-bond donors (Lipinski definition) is 1. The minimum absolute atomic E-state index is 0.0426. The van der Waals surface area contributed by atoms with Crippen LogP contribution in [0.15, 0.2) is 60.3 Å². The van der Waals surface area contributed by atoms with Gasteiger partial charge in [0, 0.05) is 28.0 Å². The fourth-order valence-corrected chi connectivity index (χ4v) is 5.13. The Morgan fingerprint density at radius 1 is 1.15 bits per heavy atom. The zero-order chi connectivity index (χ0) is 24.7. The summed E-state index contributed by atoms with van der Waals surface area (Å²) < 4.78 is 40.4. The molecule has 0 radical (unpaired) electrons. The van der Waals surface area contributed by atoms with Gasteiger partial charge in [-0.3, -0.25) is 4.79 Å². The van der Waals surface area contributed by atoms with E-state index in [1.54, 1.807) is 30.0 Å². The zero-order valence-corrected chi connectivity index (χ0v) is 20.8. The molecule has 1 aromatic heterocycles. The zero-order valence-electron chi connectivity index (χ0n) is 17.6. The van der Waals surface area contributed by atoms with E-state index in [9.17, 15) is 18.0 Å². The van der Waals surface area contributed by atoms with E-state index in [4.69, 9.17) is 23.2 Å². The Kier molecular flexibility index (Phi) is 9.35. The molecule has 0 bridgehead atoms. The first-order valence-electron chi connectivity index (χ1n) is 9.82. The smallest absolute Gasteiger partial charge is 0.325 e. The lowest BCUT2D eigenvalue weighted by Crippen LogP contribution is -2.15. The molecule has 5 nitrogen and oxygen atoms in total. The molecule has 1 N–H and O–H groups in total. The van der Waals surface area contributed by atoms with E-state index in [0.717, 1.165) is 29.5 Å². The van der Waals surface area contributed by atoms with E-state index >= 15 is 0 Å². The van der Waals surface area contributed by atoms with Crippen LogP contribution in [0.25, 0.3) is 0 Å². The Bertz CT molecular complexity index is 1170. The molecule has 1 heterocycles. The molecular formula is C22H19Cl2F3N4OS2. The van der Waals surface area contributed by atoms with Crippen LogP contribution >= 0.6 is 46.7 Å². The molecule has 0 aliphatic carbocycles. The highest BCUT2D eigenvalue weighted by Gasteiger charge is 2.30. The Labute approximate surface area is 213 Å². The van der Waals surface area contributed by atoms with Crippen molar-refractivity contribution in [3.63, 3.8) is 0 Å². The maximum atomic E-state index is 12.9. The molecule has 1 amide bonds. The van der Waals surface area contributed by atoms with Crippen molar-refractivity contribution in [2.45, 2.75) is 29.4 Å². The summed E-state index contributed by atoms with van der Waals surface area (Å²) in [4.78, 5) is 12.3. The maximum Gasteiger partial charge on any atom is 0.416 e. The van der Waals surface area contributed by atoms with Crippen LogP contribution < -0.4 is 5.32 Å². The molecule has 0 fully saturated rings. The fraction of sp³-hybridized carbons (Fsp3) is 0.227. The summed E-state index contributed by atoms with van der Waals surface area (Å²) in [5.41, 5.74) is 0.198. The van der Waals surface area contributed by atoms with Crippen molar-refractivity contribution in [2.75, 3.05) is 11.1 Å². The summed E-state index contributed by atoms with van der Waals surface area (Å²) in [5.74, 6) is 1.41. The van der Waals surface area contributed by atoms with Gasteiger partial charge in [0.05, 0.1) is 17.1 Å². The molecule has 0 saturated heterocycles. The number of anilines is 1. The van der Waals surface area contributed by atoms with Gasteiger partial charge < -0.3 is 9.88 Å². The van der Waals surface area contributed by atoms with E-state index < -0.39 is 17.6 Å². The second kappa shape index (κ2) is 12.0. The fourth-order valence-electron chi connectivity index (χ4n) is 2.84. The van der Waals surface area contributed by atoms with Crippen molar-refractivity contribution in [3.8, 4) is 0 Å². The number of rotatable bonds is 10. The second-order valence-electron chi connectivity index (χ2n) is 6.94. The highest BCUT2D eigenvalue weighted by atomic mass is 35.5. The van der Waals surface area contributed by atoms with E-state index in [-0.39, 0.29) is 11.4 Å². The number of nitrogens with zero attached hydrogens (tertiary/aromatic N) is 3. The predicted octanol–water partition coefficient (Wildman–Crippen LogP) is 6.95. The number of carbonyl (C=O) groups excluding carboxylic acids is 1. The molecule has 0 aliphatic rings. The van der Waals surface area contributed by atoms with Crippen LogP contribution in [-0.4, -0.2) is 26.4 Å². The van der Waals surface area contributed by atoms with Gasteiger partial charge in [-0.2, -0.15) is 13.2 Å². The number of amides is 1. The highest BCUT2D eigenvalue weighted by Crippen LogP contribution is 2.31. The van der Waals surface area contributed by atoms with Crippen molar-refractivity contribution in [1.82, 2.24) is 14.8 Å². The predicted molar refractivity (Wildman–Crippen MR) is 132 cm³/mol. The Morgan fingerprint density at radius 3 is 2.65 bits per heavy atom. The first-order chi connectivity index (χ1) is 16.2. The molecule has 0 unspecified atom stereocenters. The van der Waals surface area contributed by atoms with Crippen LogP contribution in [0.4, 0.5) is 18.9 Å². The van der Waals surface area contributed by atoms with Crippen LogP contribution in [0.2, 0.25) is 10.0 Å². The van der Waals surface area contributed by atoms with Gasteiger partial charge in [-0.1, -0.05) is 53.2 Å². The largest absolute Gasteiger partial charge is 0.416 e. The topological polar surface area (TPSA) is 59.8 Å². The van der Waals surface area contributed by atoms with Gasteiger partial charge in [-0.05, 0) is 35.9 Å². The molecule has 0 aliphatic heterocycles. The number of hydrogen-bond acceptors (Lipinski definition) is 5. The van der Waals surface area contributed by atoms with Gasteiger partial charge in [-0.25, -0.2) is 0 Å². The van der Waals surface area contributed by atoms with Crippen molar-refractivity contribution in [1.29, 1.82) is 0 Å². The van der Waals surface area contributed by atoms with Gasteiger partial charge in [-0.15, -0.1) is 28.5 Å². The molecule has 0 atom stereocenters. The quantitative estimate of drug-likeness (QED) is 0.220. The van der Waals surface area contributed by atoms with Crippen molar-refractivity contribution in [3.05, 3.63) is 82.1 Å². The Hall–Kier alpha value is -2.14. The summed E-state index contributed by atoms with van der Waals surface area (Å²) >= 11 is 14.9. The number of aromatic nitrogens is 3. The minimum Gasteiger partial charge on any atom is -0.325 e. The van der Waals surface area contributed by atoms with Crippen LogP contribution in [-0.2, 0) is 29.0 Å².